The first-order chi connectivity index (χ1) is 13.5. The Balaban J connectivity index is 1.87. The van der Waals surface area contributed by atoms with Crippen molar-refractivity contribution in [3.63, 3.8) is 0 Å². The van der Waals surface area contributed by atoms with Crippen LogP contribution in [0.5, 0.6) is 11.5 Å². The number of ether oxygens (including phenoxy) is 2. The van der Waals surface area contributed by atoms with E-state index in [0.29, 0.717) is 30.8 Å². The summed E-state index contributed by atoms with van der Waals surface area (Å²) in [6, 6.07) is 8.51. The number of hydrogen-bond donors (Lipinski definition) is 2. The lowest BCUT2D eigenvalue weighted by Crippen LogP contribution is -2.37. The van der Waals surface area contributed by atoms with Crippen molar-refractivity contribution < 1.29 is 18.3 Å². The zero-order valence-electron chi connectivity index (χ0n) is 15.7. The van der Waals surface area contributed by atoms with Gasteiger partial charge in [0.15, 0.2) is 17.5 Å². The third-order valence-corrected chi connectivity index (χ3v) is 3.93. The molecule has 152 valence electrons. The molecule has 9 heteroatoms. The molecule has 0 saturated carbocycles. The number of rotatable bonds is 9. The molecule has 6 nitrogen and oxygen atoms in total. The van der Waals surface area contributed by atoms with Crippen LogP contribution >= 0.6 is 11.6 Å². The van der Waals surface area contributed by atoms with E-state index in [0.717, 1.165) is 17.5 Å². The summed E-state index contributed by atoms with van der Waals surface area (Å²) in [5, 5.41) is 6.83. The Bertz CT molecular complexity index is 773. The van der Waals surface area contributed by atoms with E-state index < -0.39 is 6.61 Å². The maximum absolute atomic E-state index is 12.5. The fourth-order valence-electron chi connectivity index (χ4n) is 2.41. The van der Waals surface area contributed by atoms with Gasteiger partial charge in [0, 0.05) is 26.3 Å². The number of pyridine rings is 1. The maximum atomic E-state index is 12.5. The first-order valence-electron chi connectivity index (χ1n) is 8.77. The van der Waals surface area contributed by atoms with Gasteiger partial charge in [-0.2, -0.15) is 8.78 Å². The standard InChI is InChI=1S/C19H23ClF2N4O2/c1-3-27-16-10-14(4-6-15(16)28-18(21)22)12-26-19(23-2)24-9-8-13-5-7-17(20)25-11-13/h4-7,10-11,18H,3,8-9,12H2,1-2H3,(H2,23,24,26). The molecule has 1 aromatic heterocycles. The van der Waals surface area contributed by atoms with Crippen molar-refractivity contribution in [2.75, 3.05) is 20.2 Å². The quantitative estimate of drug-likeness (QED) is 0.374. The number of aromatic nitrogens is 1. The minimum Gasteiger partial charge on any atom is -0.490 e. The third-order valence-electron chi connectivity index (χ3n) is 3.70. The van der Waals surface area contributed by atoms with Gasteiger partial charge in [-0.05, 0) is 42.7 Å². The van der Waals surface area contributed by atoms with Gasteiger partial charge in [0.25, 0.3) is 0 Å². The Morgan fingerprint density at radius 2 is 1.96 bits per heavy atom. The molecule has 0 bridgehead atoms. The van der Waals surface area contributed by atoms with Crippen LogP contribution in [0.1, 0.15) is 18.1 Å². The van der Waals surface area contributed by atoms with Crippen LogP contribution in [-0.4, -0.2) is 37.8 Å². The number of benzene rings is 1. The lowest BCUT2D eigenvalue weighted by molar-refractivity contribution is -0.0514. The number of hydrogen-bond acceptors (Lipinski definition) is 4. The Morgan fingerprint density at radius 3 is 2.61 bits per heavy atom. The molecule has 0 spiro atoms. The lowest BCUT2D eigenvalue weighted by atomic mass is 10.2. The molecule has 2 N–H and O–H groups in total. The number of aliphatic imine (C=N–C) groups is 1. The van der Waals surface area contributed by atoms with Gasteiger partial charge in [0.2, 0.25) is 0 Å². The molecule has 0 aliphatic rings. The van der Waals surface area contributed by atoms with Crippen LogP contribution in [0, 0.1) is 0 Å². The van der Waals surface area contributed by atoms with Crippen LogP contribution < -0.4 is 20.1 Å². The van der Waals surface area contributed by atoms with Crippen LogP contribution in [0.3, 0.4) is 0 Å². The van der Waals surface area contributed by atoms with E-state index in [2.05, 4.69) is 25.3 Å². The van der Waals surface area contributed by atoms with Crippen molar-refractivity contribution in [3.8, 4) is 11.5 Å². The summed E-state index contributed by atoms with van der Waals surface area (Å²) in [6.07, 6.45) is 2.50. The van der Waals surface area contributed by atoms with E-state index in [9.17, 15) is 8.78 Å². The van der Waals surface area contributed by atoms with Gasteiger partial charge in [0.1, 0.15) is 5.15 Å². The highest BCUT2D eigenvalue weighted by Gasteiger charge is 2.11. The van der Waals surface area contributed by atoms with E-state index in [1.807, 2.05) is 6.07 Å². The van der Waals surface area contributed by atoms with Crippen LogP contribution in [0.25, 0.3) is 0 Å². The predicted molar refractivity (Wildman–Crippen MR) is 105 cm³/mol. The van der Waals surface area contributed by atoms with Crippen molar-refractivity contribution in [1.82, 2.24) is 15.6 Å². The van der Waals surface area contributed by atoms with Gasteiger partial charge in [-0.15, -0.1) is 0 Å². The molecular formula is C19H23ClF2N4O2. The Hall–Kier alpha value is -2.61. The van der Waals surface area contributed by atoms with Crippen molar-refractivity contribution >= 4 is 17.6 Å². The number of halogens is 3. The van der Waals surface area contributed by atoms with E-state index >= 15 is 0 Å². The fourth-order valence-corrected chi connectivity index (χ4v) is 2.52. The highest BCUT2D eigenvalue weighted by Crippen LogP contribution is 2.29. The second-order valence-electron chi connectivity index (χ2n) is 5.68. The van der Waals surface area contributed by atoms with Gasteiger partial charge < -0.3 is 20.1 Å². The molecular weight excluding hydrogens is 390 g/mol. The molecule has 28 heavy (non-hydrogen) atoms. The molecule has 2 aromatic rings. The predicted octanol–water partition coefficient (Wildman–Crippen LogP) is 3.64. The molecule has 1 heterocycles. The van der Waals surface area contributed by atoms with E-state index in [4.69, 9.17) is 16.3 Å². The monoisotopic (exact) mass is 412 g/mol. The molecule has 2 rings (SSSR count). The third kappa shape index (κ3) is 7.19. The summed E-state index contributed by atoms with van der Waals surface area (Å²) in [4.78, 5) is 8.21. The number of alkyl halides is 2. The largest absolute Gasteiger partial charge is 0.490 e. The normalized spacial score (nSPS) is 11.4. The summed E-state index contributed by atoms with van der Waals surface area (Å²) < 4.78 is 34.8. The van der Waals surface area contributed by atoms with Crippen molar-refractivity contribution in [1.29, 1.82) is 0 Å². The van der Waals surface area contributed by atoms with Gasteiger partial charge in [-0.3, -0.25) is 4.99 Å². The maximum Gasteiger partial charge on any atom is 0.387 e. The van der Waals surface area contributed by atoms with Crippen molar-refractivity contribution in [2.24, 2.45) is 4.99 Å². The van der Waals surface area contributed by atoms with Crippen LogP contribution in [-0.2, 0) is 13.0 Å². The second kappa shape index (κ2) is 11.3. The molecule has 0 unspecified atom stereocenters. The molecule has 1 aromatic carbocycles. The van der Waals surface area contributed by atoms with Crippen molar-refractivity contribution in [2.45, 2.75) is 26.5 Å². The van der Waals surface area contributed by atoms with Gasteiger partial charge in [-0.1, -0.05) is 23.7 Å². The molecule has 0 saturated heterocycles. The SMILES string of the molecule is CCOc1cc(CNC(=NC)NCCc2ccc(Cl)nc2)ccc1OC(F)F. The van der Waals surface area contributed by atoms with Gasteiger partial charge in [0.05, 0.1) is 6.61 Å². The first kappa shape index (κ1) is 21.7. The highest BCUT2D eigenvalue weighted by atomic mass is 35.5. The summed E-state index contributed by atoms with van der Waals surface area (Å²) in [7, 11) is 1.67. The van der Waals surface area contributed by atoms with Gasteiger partial charge in [-0.25, -0.2) is 4.98 Å². The van der Waals surface area contributed by atoms with Crippen LogP contribution in [0.2, 0.25) is 5.15 Å². The molecule has 0 radical (unpaired) electrons. The van der Waals surface area contributed by atoms with Crippen LogP contribution in [0.4, 0.5) is 8.78 Å². The highest BCUT2D eigenvalue weighted by molar-refractivity contribution is 6.29. The van der Waals surface area contributed by atoms with Gasteiger partial charge >= 0.3 is 6.61 Å². The molecule has 0 aliphatic carbocycles. The zero-order chi connectivity index (χ0) is 20.4. The van der Waals surface area contributed by atoms with E-state index in [1.165, 1.54) is 6.07 Å². The average molecular weight is 413 g/mol. The summed E-state index contributed by atoms with van der Waals surface area (Å²) in [5.74, 6) is 0.910. The minimum atomic E-state index is -2.90. The average Bonchev–Trinajstić information content (AvgIpc) is 2.67. The van der Waals surface area contributed by atoms with E-state index in [-0.39, 0.29) is 11.5 Å². The van der Waals surface area contributed by atoms with E-state index in [1.54, 1.807) is 38.4 Å². The Kier molecular flexibility index (Phi) is 8.74. The molecule has 0 aliphatic heterocycles. The number of nitrogens with zero attached hydrogens (tertiary/aromatic N) is 2. The Labute approximate surface area is 167 Å². The van der Waals surface area contributed by atoms with Crippen LogP contribution in [0.15, 0.2) is 41.5 Å². The topological polar surface area (TPSA) is 67.8 Å². The minimum absolute atomic E-state index is 0.0136. The smallest absolute Gasteiger partial charge is 0.387 e. The molecule has 0 atom stereocenters. The lowest BCUT2D eigenvalue weighted by Gasteiger charge is -2.15. The Morgan fingerprint density at radius 1 is 1.18 bits per heavy atom. The summed E-state index contributed by atoms with van der Waals surface area (Å²) in [6.45, 7) is 0.325. The second-order valence-corrected chi connectivity index (χ2v) is 6.07. The van der Waals surface area contributed by atoms with Crippen molar-refractivity contribution in [3.05, 3.63) is 52.8 Å². The summed E-state index contributed by atoms with van der Waals surface area (Å²) in [5.41, 5.74) is 1.90. The fraction of sp³-hybridized carbons (Fsp3) is 0.368. The first-order valence-corrected chi connectivity index (χ1v) is 9.15. The zero-order valence-corrected chi connectivity index (χ0v) is 16.5. The number of nitrogens with one attached hydrogen (secondary N) is 2. The molecule has 0 fully saturated rings. The summed E-state index contributed by atoms with van der Waals surface area (Å²) >= 11 is 5.77. The number of guanidine groups is 1. The molecule has 0 amide bonds.